The third kappa shape index (κ3) is 2.76. The average molecular weight is 309 g/mol. The van der Waals surface area contributed by atoms with Crippen LogP contribution in [0.25, 0.3) is 0 Å². The highest BCUT2D eigenvalue weighted by atomic mass is 79.9. The van der Waals surface area contributed by atoms with Crippen LogP contribution in [-0.2, 0) is 4.79 Å². The van der Waals surface area contributed by atoms with Gasteiger partial charge in [0.1, 0.15) is 11.9 Å². The highest BCUT2D eigenvalue weighted by Crippen LogP contribution is 2.17. The van der Waals surface area contributed by atoms with E-state index in [1.54, 1.807) is 36.1 Å². The molecular formula is C12H13BrN4O. The van der Waals surface area contributed by atoms with Crippen LogP contribution in [0.3, 0.4) is 0 Å². The van der Waals surface area contributed by atoms with Crippen LogP contribution in [0.5, 0.6) is 0 Å². The fourth-order valence-electron chi connectivity index (χ4n) is 1.47. The van der Waals surface area contributed by atoms with Gasteiger partial charge < -0.3 is 5.32 Å². The molecule has 1 atom stereocenters. The highest BCUT2D eigenvalue weighted by molar-refractivity contribution is 9.10. The van der Waals surface area contributed by atoms with Crippen molar-refractivity contribution in [2.24, 2.45) is 0 Å². The van der Waals surface area contributed by atoms with E-state index >= 15 is 0 Å². The summed E-state index contributed by atoms with van der Waals surface area (Å²) in [7, 11) is 0. The minimum Gasteiger partial charge on any atom is -0.309 e. The van der Waals surface area contributed by atoms with Crippen LogP contribution in [-0.4, -0.2) is 20.7 Å². The van der Waals surface area contributed by atoms with Gasteiger partial charge in [-0.25, -0.2) is 4.98 Å². The molecule has 18 heavy (non-hydrogen) atoms. The molecule has 2 heterocycles. The van der Waals surface area contributed by atoms with Crippen LogP contribution in [0.2, 0.25) is 0 Å². The Balaban J connectivity index is 2.09. The van der Waals surface area contributed by atoms with Gasteiger partial charge in [0.15, 0.2) is 0 Å². The molecule has 0 aromatic carbocycles. The Labute approximate surface area is 113 Å². The number of rotatable bonds is 3. The monoisotopic (exact) mass is 308 g/mol. The number of hydrogen-bond acceptors (Lipinski definition) is 3. The summed E-state index contributed by atoms with van der Waals surface area (Å²) < 4.78 is 2.52. The summed E-state index contributed by atoms with van der Waals surface area (Å²) >= 11 is 3.37. The molecule has 1 N–H and O–H groups in total. The first-order chi connectivity index (χ1) is 8.58. The van der Waals surface area contributed by atoms with Crippen molar-refractivity contribution in [2.45, 2.75) is 19.9 Å². The summed E-state index contributed by atoms with van der Waals surface area (Å²) in [5, 5.41) is 6.80. The predicted molar refractivity (Wildman–Crippen MR) is 72.2 cm³/mol. The maximum absolute atomic E-state index is 12.0. The molecule has 0 aliphatic rings. The van der Waals surface area contributed by atoms with Gasteiger partial charge >= 0.3 is 0 Å². The molecule has 1 amide bonds. The van der Waals surface area contributed by atoms with E-state index in [1.165, 1.54) is 0 Å². The van der Waals surface area contributed by atoms with E-state index in [0.29, 0.717) is 5.82 Å². The van der Waals surface area contributed by atoms with Crippen molar-refractivity contribution in [3.05, 3.63) is 40.8 Å². The van der Waals surface area contributed by atoms with E-state index in [0.717, 1.165) is 10.2 Å². The van der Waals surface area contributed by atoms with Crippen molar-refractivity contribution in [2.75, 3.05) is 5.32 Å². The molecule has 0 aliphatic carbocycles. The average Bonchev–Trinajstić information content (AvgIpc) is 2.86. The van der Waals surface area contributed by atoms with E-state index in [4.69, 9.17) is 0 Å². The lowest BCUT2D eigenvalue weighted by Crippen LogP contribution is -2.24. The minimum absolute atomic E-state index is 0.145. The summed E-state index contributed by atoms with van der Waals surface area (Å²) in [4.78, 5) is 16.3. The number of aromatic nitrogens is 3. The van der Waals surface area contributed by atoms with Gasteiger partial charge in [0, 0.05) is 16.9 Å². The molecule has 0 fully saturated rings. The highest BCUT2D eigenvalue weighted by Gasteiger charge is 2.15. The predicted octanol–water partition coefficient (Wildman–Crippen LogP) is 2.55. The summed E-state index contributed by atoms with van der Waals surface area (Å²) in [5.74, 6) is 0.396. The number of nitrogens with one attached hydrogen (secondary N) is 1. The van der Waals surface area contributed by atoms with Crippen molar-refractivity contribution in [1.29, 1.82) is 0 Å². The van der Waals surface area contributed by atoms with Gasteiger partial charge in [0.25, 0.3) is 0 Å². The molecule has 0 saturated carbocycles. The molecule has 2 aromatic heterocycles. The molecule has 0 spiro atoms. The summed E-state index contributed by atoms with van der Waals surface area (Å²) in [6.07, 6.45) is 3.40. The minimum atomic E-state index is -0.370. The van der Waals surface area contributed by atoms with Crippen LogP contribution in [0.4, 0.5) is 5.82 Å². The quantitative estimate of drug-likeness (QED) is 0.948. The number of aryl methyl sites for hydroxylation is 1. The molecule has 2 aromatic rings. The van der Waals surface area contributed by atoms with Gasteiger partial charge in [-0.15, -0.1) is 0 Å². The summed E-state index contributed by atoms with van der Waals surface area (Å²) in [5.41, 5.74) is 0.833. The molecule has 5 nitrogen and oxygen atoms in total. The Bertz CT molecular complexity index is 553. The zero-order valence-electron chi connectivity index (χ0n) is 10.1. The summed E-state index contributed by atoms with van der Waals surface area (Å²) in [6, 6.07) is 5.03. The Hall–Kier alpha value is -1.69. The lowest BCUT2D eigenvalue weighted by molar-refractivity contribution is -0.119. The lowest BCUT2D eigenvalue weighted by atomic mass is 10.3. The van der Waals surface area contributed by atoms with Crippen LogP contribution in [0.1, 0.15) is 18.7 Å². The molecule has 0 bridgehead atoms. The van der Waals surface area contributed by atoms with Crippen molar-refractivity contribution in [1.82, 2.24) is 14.8 Å². The number of halogens is 1. The smallest absolute Gasteiger partial charge is 0.250 e. The Kier molecular flexibility index (Phi) is 3.76. The second kappa shape index (κ2) is 5.30. The third-order valence-corrected chi connectivity index (χ3v) is 3.41. The van der Waals surface area contributed by atoms with Gasteiger partial charge in [0.05, 0.1) is 5.69 Å². The van der Waals surface area contributed by atoms with Crippen molar-refractivity contribution in [3.63, 3.8) is 0 Å². The molecule has 0 radical (unpaired) electrons. The van der Waals surface area contributed by atoms with Crippen molar-refractivity contribution >= 4 is 27.7 Å². The SMILES string of the molecule is Cc1nc(NC(=O)C(C)n2cccn2)ccc1Br. The first-order valence-electron chi connectivity index (χ1n) is 5.51. The maximum atomic E-state index is 12.0. The topological polar surface area (TPSA) is 59.8 Å². The number of nitrogens with zero attached hydrogens (tertiary/aromatic N) is 3. The standard InChI is InChI=1S/C12H13BrN4O/c1-8-10(13)4-5-11(15-8)16-12(18)9(2)17-7-3-6-14-17/h3-7,9H,1-2H3,(H,15,16,18). The first kappa shape index (κ1) is 12.8. The molecule has 1 unspecified atom stereocenters. The lowest BCUT2D eigenvalue weighted by Gasteiger charge is -2.12. The van der Waals surface area contributed by atoms with Crippen LogP contribution in [0.15, 0.2) is 35.1 Å². The second-order valence-electron chi connectivity index (χ2n) is 3.92. The second-order valence-corrected chi connectivity index (χ2v) is 4.77. The normalized spacial score (nSPS) is 12.2. The molecule has 94 valence electrons. The zero-order valence-corrected chi connectivity index (χ0v) is 11.7. The molecule has 0 aliphatic heterocycles. The number of amides is 1. The van der Waals surface area contributed by atoms with Gasteiger partial charge in [0.2, 0.25) is 5.91 Å². The van der Waals surface area contributed by atoms with Crippen LogP contribution in [0, 0.1) is 6.92 Å². The first-order valence-corrected chi connectivity index (χ1v) is 6.30. The zero-order chi connectivity index (χ0) is 13.1. The Morgan fingerprint density at radius 2 is 2.28 bits per heavy atom. The number of pyridine rings is 1. The van der Waals surface area contributed by atoms with E-state index < -0.39 is 0 Å². The maximum Gasteiger partial charge on any atom is 0.250 e. The van der Waals surface area contributed by atoms with Crippen LogP contribution < -0.4 is 5.32 Å². The van der Waals surface area contributed by atoms with Crippen LogP contribution >= 0.6 is 15.9 Å². The number of hydrogen-bond donors (Lipinski definition) is 1. The molecule has 6 heteroatoms. The van der Waals surface area contributed by atoms with E-state index in [1.807, 2.05) is 13.0 Å². The largest absolute Gasteiger partial charge is 0.309 e. The number of anilines is 1. The van der Waals surface area contributed by atoms with E-state index in [2.05, 4.69) is 31.3 Å². The van der Waals surface area contributed by atoms with E-state index in [9.17, 15) is 4.79 Å². The molecule has 2 rings (SSSR count). The van der Waals surface area contributed by atoms with Gasteiger partial charge in [-0.1, -0.05) is 0 Å². The Morgan fingerprint density at radius 1 is 1.50 bits per heavy atom. The fraction of sp³-hybridized carbons (Fsp3) is 0.250. The Morgan fingerprint density at radius 3 is 2.89 bits per heavy atom. The fourth-order valence-corrected chi connectivity index (χ4v) is 1.70. The van der Waals surface area contributed by atoms with Crippen molar-refractivity contribution in [3.8, 4) is 0 Å². The van der Waals surface area contributed by atoms with E-state index in [-0.39, 0.29) is 11.9 Å². The molecule has 0 saturated heterocycles. The number of carbonyl (C=O) groups excluding carboxylic acids is 1. The molecular weight excluding hydrogens is 296 g/mol. The number of carbonyl (C=O) groups is 1. The van der Waals surface area contributed by atoms with Gasteiger partial charge in [-0.05, 0) is 48.0 Å². The van der Waals surface area contributed by atoms with Gasteiger partial charge in [-0.3, -0.25) is 9.48 Å². The summed E-state index contributed by atoms with van der Waals surface area (Å²) in [6.45, 7) is 3.66. The van der Waals surface area contributed by atoms with Crippen molar-refractivity contribution < 1.29 is 4.79 Å². The third-order valence-electron chi connectivity index (χ3n) is 2.57. The van der Waals surface area contributed by atoms with Gasteiger partial charge in [-0.2, -0.15) is 5.10 Å².